The van der Waals surface area contributed by atoms with Gasteiger partial charge in [-0.3, -0.25) is 9.79 Å². The van der Waals surface area contributed by atoms with Crippen LogP contribution in [0.5, 0.6) is 0 Å². The van der Waals surface area contributed by atoms with Crippen molar-refractivity contribution >= 4 is 11.7 Å². The summed E-state index contributed by atoms with van der Waals surface area (Å²) in [6, 6.07) is 8.15. The molecule has 0 aliphatic heterocycles. The van der Waals surface area contributed by atoms with Crippen molar-refractivity contribution in [3.8, 4) is 0 Å². The van der Waals surface area contributed by atoms with Gasteiger partial charge in [0.2, 0.25) is 0 Å². The molecular weight excluding hydrogens is 265 g/mol. The van der Waals surface area contributed by atoms with Crippen LogP contribution in [0.2, 0.25) is 0 Å². The first kappa shape index (κ1) is 16.9. The molecule has 0 amide bonds. The number of hydrogen-bond acceptors (Lipinski definition) is 3. The molecule has 0 fully saturated rings. The summed E-state index contributed by atoms with van der Waals surface area (Å²) >= 11 is 0. The van der Waals surface area contributed by atoms with Crippen molar-refractivity contribution in [3.63, 3.8) is 0 Å². The fourth-order valence-electron chi connectivity index (χ4n) is 1.58. The molecule has 3 nitrogen and oxygen atoms in total. The first-order valence-corrected chi connectivity index (χ1v) is 5.85. The Morgan fingerprint density at radius 3 is 2.33 bits per heavy atom. The van der Waals surface area contributed by atoms with Gasteiger partial charge in [-0.15, -0.1) is 0 Å². The van der Waals surface area contributed by atoms with E-state index in [9.17, 15) is 4.79 Å². The summed E-state index contributed by atoms with van der Waals surface area (Å²) in [6.07, 6.45) is 1.01. The SMILES string of the molecule is CCOC(=O)CCC(=NC)c1ccc(C)cc1.[V]. The number of carbonyl (C=O) groups excluding carboxylic acids is 1. The van der Waals surface area contributed by atoms with Gasteiger partial charge in [-0.05, 0) is 19.4 Å². The van der Waals surface area contributed by atoms with Crippen LogP contribution in [0.15, 0.2) is 29.3 Å². The first-order chi connectivity index (χ1) is 8.17. The molecule has 0 bridgehead atoms. The maximum absolute atomic E-state index is 11.3. The molecular formula is C14H19NO2V. The Kier molecular flexibility index (Phi) is 8.43. The number of carbonyl (C=O) groups is 1. The third kappa shape index (κ3) is 5.52. The molecule has 0 heterocycles. The van der Waals surface area contributed by atoms with Crippen LogP contribution in [0, 0.1) is 6.92 Å². The van der Waals surface area contributed by atoms with Gasteiger partial charge in [0.25, 0.3) is 0 Å². The van der Waals surface area contributed by atoms with E-state index in [4.69, 9.17) is 4.74 Å². The molecule has 4 heteroatoms. The number of aryl methyl sites for hydroxylation is 1. The number of hydrogen-bond donors (Lipinski definition) is 0. The predicted molar refractivity (Wildman–Crippen MR) is 69.5 cm³/mol. The Morgan fingerprint density at radius 1 is 1.22 bits per heavy atom. The summed E-state index contributed by atoms with van der Waals surface area (Å²) in [5, 5.41) is 0. The quantitative estimate of drug-likeness (QED) is 0.616. The number of rotatable bonds is 5. The zero-order valence-electron chi connectivity index (χ0n) is 11.1. The van der Waals surface area contributed by atoms with E-state index < -0.39 is 0 Å². The molecule has 0 unspecified atom stereocenters. The molecule has 0 saturated carbocycles. The third-order valence-corrected chi connectivity index (χ3v) is 2.53. The van der Waals surface area contributed by atoms with Crippen molar-refractivity contribution in [1.29, 1.82) is 0 Å². The van der Waals surface area contributed by atoms with E-state index in [0.29, 0.717) is 19.4 Å². The first-order valence-electron chi connectivity index (χ1n) is 5.85. The molecule has 18 heavy (non-hydrogen) atoms. The molecule has 1 radical (unpaired) electrons. The molecule has 0 spiro atoms. The van der Waals surface area contributed by atoms with Crippen LogP contribution in [-0.4, -0.2) is 25.3 Å². The van der Waals surface area contributed by atoms with Crippen molar-refractivity contribution in [1.82, 2.24) is 0 Å². The summed E-state index contributed by atoms with van der Waals surface area (Å²) < 4.78 is 4.90. The van der Waals surface area contributed by atoms with Crippen molar-refractivity contribution < 1.29 is 28.1 Å². The van der Waals surface area contributed by atoms with E-state index in [1.165, 1.54) is 5.56 Å². The Labute approximate surface area is 121 Å². The Balaban J connectivity index is 0.00000289. The van der Waals surface area contributed by atoms with Crippen LogP contribution in [0.1, 0.15) is 30.9 Å². The van der Waals surface area contributed by atoms with Gasteiger partial charge in [0, 0.05) is 37.7 Å². The van der Waals surface area contributed by atoms with Crippen LogP contribution >= 0.6 is 0 Å². The maximum atomic E-state index is 11.3. The molecule has 0 aromatic heterocycles. The number of nitrogens with zero attached hydrogens (tertiary/aromatic N) is 1. The Bertz CT molecular complexity index is 399. The van der Waals surface area contributed by atoms with E-state index in [1.54, 1.807) is 7.05 Å². The Morgan fingerprint density at radius 2 is 1.83 bits per heavy atom. The van der Waals surface area contributed by atoms with Crippen molar-refractivity contribution in [2.24, 2.45) is 4.99 Å². The van der Waals surface area contributed by atoms with Gasteiger partial charge in [-0.25, -0.2) is 0 Å². The fourth-order valence-corrected chi connectivity index (χ4v) is 1.58. The van der Waals surface area contributed by atoms with Crippen molar-refractivity contribution in [2.45, 2.75) is 26.7 Å². The van der Waals surface area contributed by atoms with E-state index in [1.807, 2.05) is 38.1 Å². The number of ether oxygens (including phenoxy) is 1. The summed E-state index contributed by atoms with van der Waals surface area (Å²) in [5.41, 5.74) is 3.23. The second-order valence-electron chi connectivity index (χ2n) is 3.84. The van der Waals surface area contributed by atoms with Gasteiger partial charge in [0.1, 0.15) is 0 Å². The van der Waals surface area contributed by atoms with Gasteiger partial charge in [-0.2, -0.15) is 0 Å². The minimum atomic E-state index is -0.166. The van der Waals surface area contributed by atoms with E-state index >= 15 is 0 Å². The largest absolute Gasteiger partial charge is 0.466 e. The van der Waals surface area contributed by atoms with Crippen LogP contribution < -0.4 is 0 Å². The smallest absolute Gasteiger partial charge is 0.306 e. The summed E-state index contributed by atoms with van der Waals surface area (Å²) in [6.45, 7) is 4.29. The molecule has 0 aliphatic carbocycles. The molecule has 97 valence electrons. The van der Waals surface area contributed by atoms with Crippen LogP contribution in [0.4, 0.5) is 0 Å². The molecule has 0 N–H and O–H groups in total. The average molecular weight is 284 g/mol. The van der Waals surface area contributed by atoms with Gasteiger partial charge in [-0.1, -0.05) is 29.8 Å². The van der Waals surface area contributed by atoms with E-state index in [0.717, 1.165) is 11.3 Å². The van der Waals surface area contributed by atoms with Crippen molar-refractivity contribution in [2.75, 3.05) is 13.7 Å². The summed E-state index contributed by atoms with van der Waals surface area (Å²) in [7, 11) is 1.75. The monoisotopic (exact) mass is 284 g/mol. The Hall–Kier alpha value is -1.06. The standard InChI is InChI=1S/C14H19NO2.V/c1-4-17-14(16)10-9-13(15-3)12-7-5-11(2)6-8-12;/h5-8H,4,9-10H2,1-3H3;. The van der Waals surface area contributed by atoms with Crippen LogP contribution in [0.3, 0.4) is 0 Å². The molecule has 1 rings (SSSR count). The normalized spacial score (nSPS) is 10.7. The second kappa shape index (κ2) is 8.95. The second-order valence-corrected chi connectivity index (χ2v) is 3.84. The molecule has 0 aliphatic rings. The van der Waals surface area contributed by atoms with Gasteiger partial charge in [0.15, 0.2) is 0 Å². The topological polar surface area (TPSA) is 38.7 Å². The van der Waals surface area contributed by atoms with E-state index in [2.05, 4.69) is 4.99 Å². The molecule has 0 saturated heterocycles. The van der Waals surface area contributed by atoms with Crippen molar-refractivity contribution in [3.05, 3.63) is 35.4 Å². The fraction of sp³-hybridized carbons (Fsp3) is 0.429. The zero-order chi connectivity index (χ0) is 12.7. The molecule has 1 aromatic rings. The minimum Gasteiger partial charge on any atom is -0.466 e. The number of benzene rings is 1. The van der Waals surface area contributed by atoms with Gasteiger partial charge in [0.05, 0.1) is 13.0 Å². The zero-order valence-corrected chi connectivity index (χ0v) is 12.5. The predicted octanol–water partition coefficient (Wildman–Crippen LogP) is 2.75. The average Bonchev–Trinajstić information content (AvgIpc) is 2.32. The maximum Gasteiger partial charge on any atom is 0.306 e. The molecule has 1 aromatic carbocycles. The summed E-state index contributed by atoms with van der Waals surface area (Å²) in [4.78, 5) is 15.5. The van der Waals surface area contributed by atoms with Gasteiger partial charge >= 0.3 is 5.97 Å². The molecule has 0 atom stereocenters. The van der Waals surface area contributed by atoms with Crippen LogP contribution in [-0.2, 0) is 28.1 Å². The number of aliphatic imine (C=N–C) groups is 1. The van der Waals surface area contributed by atoms with E-state index in [-0.39, 0.29) is 24.5 Å². The minimum absolute atomic E-state index is 0. The number of esters is 1. The van der Waals surface area contributed by atoms with Crippen LogP contribution in [0.25, 0.3) is 0 Å². The third-order valence-electron chi connectivity index (χ3n) is 2.53. The van der Waals surface area contributed by atoms with Gasteiger partial charge < -0.3 is 4.74 Å². The summed E-state index contributed by atoms with van der Waals surface area (Å²) in [5.74, 6) is -0.166.